The molecular weight excluding hydrogens is 269 g/mol. The van der Waals surface area contributed by atoms with Gasteiger partial charge in [0.15, 0.2) is 0 Å². The first-order chi connectivity index (χ1) is 8.59. The maximum Gasteiger partial charge on any atom is 0.0771 e. The van der Waals surface area contributed by atoms with E-state index in [9.17, 15) is 5.11 Å². The minimum atomic E-state index is -0.519. The van der Waals surface area contributed by atoms with Crippen LogP contribution in [0.2, 0.25) is 10.0 Å². The fourth-order valence-corrected chi connectivity index (χ4v) is 2.80. The Balaban J connectivity index is 1.82. The van der Waals surface area contributed by atoms with Gasteiger partial charge in [0, 0.05) is 13.1 Å². The van der Waals surface area contributed by atoms with E-state index in [2.05, 4.69) is 5.32 Å². The number of nitrogens with one attached hydrogen (secondary N) is 1. The minimum absolute atomic E-state index is 0.519. The molecule has 1 saturated carbocycles. The molecular formula is C14H19Cl2NO. The van der Waals surface area contributed by atoms with Gasteiger partial charge in [-0.15, -0.1) is 0 Å². The van der Waals surface area contributed by atoms with E-state index < -0.39 is 5.60 Å². The Bertz CT molecular complexity index is 403. The number of hydrogen-bond donors (Lipinski definition) is 2. The van der Waals surface area contributed by atoms with Crippen molar-refractivity contribution >= 4 is 23.2 Å². The molecule has 100 valence electrons. The van der Waals surface area contributed by atoms with Crippen molar-refractivity contribution in [2.24, 2.45) is 0 Å². The van der Waals surface area contributed by atoms with Gasteiger partial charge in [0.2, 0.25) is 0 Å². The predicted octanol–water partition coefficient (Wildman–Crippen LogP) is 3.78. The summed E-state index contributed by atoms with van der Waals surface area (Å²) in [5.41, 5.74) is 0.567. The number of benzene rings is 1. The number of halogens is 2. The highest BCUT2D eigenvalue weighted by atomic mass is 35.5. The van der Waals surface area contributed by atoms with E-state index in [0.717, 1.165) is 31.2 Å². The van der Waals surface area contributed by atoms with Gasteiger partial charge in [0.25, 0.3) is 0 Å². The molecule has 1 fully saturated rings. The summed E-state index contributed by atoms with van der Waals surface area (Å²) in [6.45, 7) is 1.35. The largest absolute Gasteiger partial charge is 0.389 e. The summed E-state index contributed by atoms with van der Waals surface area (Å²) < 4.78 is 0. The van der Waals surface area contributed by atoms with Crippen molar-refractivity contribution in [1.82, 2.24) is 5.32 Å². The molecule has 0 radical (unpaired) electrons. The van der Waals surface area contributed by atoms with E-state index >= 15 is 0 Å². The molecule has 0 saturated heterocycles. The van der Waals surface area contributed by atoms with Crippen molar-refractivity contribution in [3.8, 4) is 0 Å². The van der Waals surface area contributed by atoms with E-state index in [1.54, 1.807) is 6.07 Å². The monoisotopic (exact) mass is 287 g/mol. The molecule has 2 N–H and O–H groups in total. The van der Waals surface area contributed by atoms with Gasteiger partial charge in [-0.2, -0.15) is 0 Å². The Morgan fingerprint density at radius 1 is 1.11 bits per heavy atom. The molecule has 18 heavy (non-hydrogen) atoms. The highest BCUT2D eigenvalue weighted by Gasteiger charge is 2.28. The number of rotatable bonds is 4. The predicted molar refractivity (Wildman–Crippen MR) is 76.2 cm³/mol. The molecule has 1 aliphatic rings. The van der Waals surface area contributed by atoms with E-state index in [0.29, 0.717) is 23.1 Å². The molecule has 0 bridgehead atoms. The second kappa shape index (κ2) is 6.25. The van der Waals surface area contributed by atoms with Crippen LogP contribution in [0.25, 0.3) is 0 Å². The lowest BCUT2D eigenvalue weighted by atomic mass is 9.85. The molecule has 0 amide bonds. The molecule has 0 atom stereocenters. The smallest absolute Gasteiger partial charge is 0.0771 e. The van der Waals surface area contributed by atoms with Crippen LogP contribution < -0.4 is 5.32 Å². The average molecular weight is 288 g/mol. The Labute approximate surface area is 118 Å². The van der Waals surface area contributed by atoms with Crippen LogP contribution >= 0.6 is 23.2 Å². The molecule has 1 aromatic rings. The highest BCUT2D eigenvalue weighted by Crippen LogP contribution is 2.27. The summed E-state index contributed by atoms with van der Waals surface area (Å²) in [4.78, 5) is 0. The van der Waals surface area contributed by atoms with Gasteiger partial charge in [-0.25, -0.2) is 0 Å². The van der Waals surface area contributed by atoms with Crippen molar-refractivity contribution < 1.29 is 5.11 Å². The molecule has 0 spiro atoms. The molecule has 0 unspecified atom stereocenters. The summed E-state index contributed by atoms with van der Waals surface area (Å²) in [5, 5.41) is 14.8. The molecule has 1 aliphatic carbocycles. The van der Waals surface area contributed by atoms with E-state index in [4.69, 9.17) is 23.2 Å². The van der Waals surface area contributed by atoms with Gasteiger partial charge < -0.3 is 10.4 Å². The minimum Gasteiger partial charge on any atom is -0.389 e. The second-order valence-corrected chi connectivity index (χ2v) is 5.95. The Hall–Kier alpha value is -0.280. The van der Waals surface area contributed by atoms with Crippen LogP contribution in [0.3, 0.4) is 0 Å². The fraction of sp³-hybridized carbons (Fsp3) is 0.571. The molecule has 4 heteroatoms. The second-order valence-electron chi connectivity index (χ2n) is 5.14. The molecule has 0 aliphatic heterocycles. The molecule has 0 aromatic heterocycles. The summed E-state index contributed by atoms with van der Waals surface area (Å²) >= 11 is 11.8. The first-order valence-electron chi connectivity index (χ1n) is 6.46. The fourth-order valence-electron chi connectivity index (χ4n) is 2.48. The summed E-state index contributed by atoms with van der Waals surface area (Å²) in [6, 6.07) is 5.62. The third-order valence-electron chi connectivity index (χ3n) is 3.55. The Morgan fingerprint density at radius 3 is 2.50 bits per heavy atom. The summed E-state index contributed by atoms with van der Waals surface area (Å²) in [6.07, 6.45) is 5.31. The zero-order chi connectivity index (χ0) is 13.0. The molecule has 2 nitrogen and oxygen atoms in total. The maximum absolute atomic E-state index is 10.3. The van der Waals surface area contributed by atoms with Gasteiger partial charge in [-0.1, -0.05) is 48.5 Å². The standard InChI is InChI=1S/C14H19Cl2NO/c15-12-5-4-11(8-13(12)16)9-17-10-14(18)6-2-1-3-7-14/h4-5,8,17-18H,1-3,6-7,9-10H2. The van der Waals surface area contributed by atoms with Crippen molar-refractivity contribution in [3.05, 3.63) is 33.8 Å². The average Bonchev–Trinajstić information content (AvgIpc) is 2.34. The van der Waals surface area contributed by atoms with E-state index in [1.165, 1.54) is 6.42 Å². The van der Waals surface area contributed by atoms with Crippen molar-refractivity contribution in [2.75, 3.05) is 6.54 Å². The summed E-state index contributed by atoms with van der Waals surface area (Å²) in [5.74, 6) is 0. The highest BCUT2D eigenvalue weighted by molar-refractivity contribution is 6.42. The summed E-state index contributed by atoms with van der Waals surface area (Å²) in [7, 11) is 0. The molecule has 0 heterocycles. The van der Waals surface area contributed by atoms with Crippen molar-refractivity contribution in [3.63, 3.8) is 0 Å². The van der Waals surface area contributed by atoms with Crippen molar-refractivity contribution in [1.29, 1.82) is 0 Å². The Kier molecular flexibility index (Phi) is 4.91. The van der Waals surface area contributed by atoms with Gasteiger partial charge >= 0.3 is 0 Å². The Morgan fingerprint density at radius 2 is 1.83 bits per heavy atom. The third kappa shape index (κ3) is 3.86. The van der Waals surface area contributed by atoms with Gasteiger partial charge in [0.1, 0.15) is 0 Å². The van der Waals surface area contributed by atoms with Gasteiger partial charge in [-0.05, 0) is 30.5 Å². The van der Waals surface area contributed by atoms with Crippen LogP contribution in [0, 0.1) is 0 Å². The quantitative estimate of drug-likeness (QED) is 0.883. The lowest BCUT2D eigenvalue weighted by molar-refractivity contribution is 0.00468. The first kappa shape index (κ1) is 14.1. The van der Waals surface area contributed by atoms with Gasteiger partial charge in [0.05, 0.1) is 15.6 Å². The normalized spacial score (nSPS) is 18.8. The van der Waals surface area contributed by atoms with E-state index in [1.807, 2.05) is 12.1 Å². The van der Waals surface area contributed by atoms with Crippen LogP contribution in [0.1, 0.15) is 37.7 Å². The van der Waals surface area contributed by atoms with Crippen LogP contribution in [-0.4, -0.2) is 17.3 Å². The van der Waals surface area contributed by atoms with Crippen LogP contribution in [0.4, 0.5) is 0 Å². The van der Waals surface area contributed by atoms with Crippen LogP contribution in [-0.2, 0) is 6.54 Å². The SMILES string of the molecule is OC1(CNCc2ccc(Cl)c(Cl)c2)CCCCC1. The maximum atomic E-state index is 10.3. The lowest BCUT2D eigenvalue weighted by Crippen LogP contribution is -2.41. The topological polar surface area (TPSA) is 32.3 Å². The molecule has 2 rings (SSSR count). The van der Waals surface area contributed by atoms with Crippen LogP contribution in [0.15, 0.2) is 18.2 Å². The van der Waals surface area contributed by atoms with Crippen LogP contribution in [0.5, 0.6) is 0 Å². The number of hydrogen-bond acceptors (Lipinski definition) is 2. The number of aliphatic hydroxyl groups is 1. The van der Waals surface area contributed by atoms with Gasteiger partial charge in [-0.3, -0.25) is 0 Å². The third-order valence-corrected chi connectivity index (χ3v) is 4.29. The zero-order valence-electron chi connectivity index (χ0n) is 10.4. The van der Waals surface area contributed by atoms with Crippen molar-refractivity contribution in [2.45, 2.75) is 44.2 Å². The van der Waals surface area contributed by atoms with E-state index in [-0.39, 0.29) is 0 Å². The zero-order valence-corrected chi connectivity index (χ0v) is 11.9. The first-order valence-corrected chi connectivity index (χ1v) is 7.22. The lowest BCUT2D eigenvalue weighted by Gasteiger charge is -2.32. The molecule has 1 aromatic carbocycles.